The Morgan fingerprint density at radius 2 is 2.28 bits per heavy atom. The van der Waals surface area contributed by atoms with E-state index in [1.807, 2.05) is 6.92 Å². The summed E-state index contributed by atoms with van der Waals surface area (Å²) in [6.45, 7) is 9.13. The van der Waals surface area contributed by atoms with Crippen LogP contribution in [0.3, 0.4) is 0 Å². The number of nitrogens with one attached hydrogen (secondary N) is 1. The number of hydrogen-bond donors (Lipinski definition) is 1. The van der Waals surface area contributed by atoms with Crippen LogP contribution in [0.15, 0.2) is 18.2 Å². The van der Waals surface area contributed by atoms with Crippen molar-refractivity contribution in [2.24, 2.45) is 0 Å². The Hall–Kier alpha value is -1.48. The first-order chi connectivity index (χ1) is 8.74. The molecule has 18 heavy (non-hydrogen) atoms. The summed E-state index contributed by atoms with van der Waals surface area (Å²) in [5.74, 6) is 1.07. The van der Waals surface area contributed by atoms with E-state index < -0.39 is 0 Å². The normalized spacial score (nSPS) is 18.9. The lowest BCUT2D eigenvalue weighted by Crippen LogP contribution is -2.31. The number of fused-ring (bicyclic) bond motifs is 3. The molecule has 3 heteroatoms. The smallest absolute Gasteiger partial charge is 0.149 e. The maximum absolute atomic E-state index is 5.90. The zero-order valence-corrected chi connectivity index (χ0v) is 11.3. The number of nitrogens with zero attached hydrogens (tertiary/aromatic N) is 1. The minimum absolute atomic E-state index is 0.478. The molecule has 0 amide bonds. The number of rotatable bonds is 2. The standard InChI is InChI=1S/C15H20N2O/c1-4-18-15-12-7-5-6-10(2)14(12)17-11(3)8-16-9-13(15)17/h5-7,11,16H,4,8-9H2,1-3H3. The van der Waals surface area contributed by atoms with E-state index in [9.17, 15) is 0 Å². The summed E-state index contributed by atoms with van der Waals surface area (Å²) >= 11 is 0. The third-order valence-corrected chi connectivity index (χ3v) is 3.74. The quantitative estimate of drug-likeness (QED) is 0.879. The number of ether oxygens (including phenoxy) is 1. The maximum atomic E-state index is 5.90. The summed E-state index contributed by atoms with van der Waals surface area (Å²) in [5, 5.41) is 4.72. The van der Waals surface area contributed by atoms with Crippen LogP contribution in [-0.2, 0) is 6.54 Å². The summed E-state index contributed by atoms with van der Waals surface area (Å²) < 4.78 is 8.35. The highest BCUT2D eigenvalue weighted by atomic mass is 16.5. The lowest BCUT2D eigenvalue weighted by Gasteiger charge is -2.25. The highest BCUT2D eigenvalue weighted by Crippen LogP contribution is 2.38. The van der Waals surface area contributed by atoms with Crippen molar-refractivity contribution in [3.05, 3.63) is 29.5 Å². The minimum Gasteiger partial charge on any atom is -0.491 e. The van der Waals surface area contributed by atoms with Crippen LogP contribution in [0.25, 0.3) is 10.9 Å². The molecular weight excluding hydrogens is 224 g/mol. The fraction of sp³-hybridized carbons (Fsp3) is 0.467. The van der Waals surface area contributed by atoms with Crippen molar-refractivity contribution in [3.63, 3.8) is 0 Å². The first-order valence-corrected chi connectivity index (χ1v) is 6.70. The highest BCUT2D eigenvalue weighted by Gasteiger charge is 2.25. The van der Waals surface area contributed by atoms with Gasteiger partial charge in [0.25, 0.3) is 0 Å². The summed E-state index contributed by atoms with van der Waals surface area (Å²) in [5.41, 5.74) is 3.96. The van der Waals surface area contributed by atoms with Crippen LogP contribution in [0.2, 0.25) is 0 Å². The third-order valence-electron chi connectivity index (χ3n) is 3.74. The Labute approximate surface area is 108 Å². The minimum atomic E-state index is 0.478. The molecule has 3 nitrogen and oxygen atoms in total. The van der Waals surface area contributed by atoms with Gasteiger partial charge in [-0.25, -0.2) is 0 Å². The summed E-state index contributed by atoms with van der Waals surface area (Å²) in [6, 6.07) is 6.95. The molecule has 1 aromatic carbocycles. The Bertz CT molecular complexity index is 586. The van der Waals surface area contributed by atoms with Gasteiger partial charge in [0, 0.05) is 24.5 Å². The van der Waals surface area contributed by atoms with E-state index in [-0.39, 0.29) is 0 Å². The fourth-order valence-electron chi connectivity index (χ4n) is 3.01. The predicted molar refractivity (Wildman–Crippen MR) is 74.3 cm³/mol. The predicted octanol–water partition coefficient (Wildman–Crippen LogP) is 3.01. The molecule has 2 aromatic rings. The molecule has 1 atom stereocenters. The molecule has 0 spiro atoms. The molecule has 1 aromatic heterocycles. The molecule has 0 bridgehead atoms. The third kappa shape index (κ3) is 1.54. The van der Waals surface area contributed by atoms with Crippen molar-refractivity contribution in [1.29, 1.82) is 0 Å². The Morgan fingerprint density at radius 3 is 3.06 bits per heavy atom. The van der Waals surface area contributed by atoms with Gasteiger partial charge in [-0.2, -0.15) is 0 Å². The van der Waals surface area contributed by atoms with Crippen LogP contribution in [0.1, 0.15) is 31.1 Å². The van der Waals surface area contributed by atoms with Crippen LogP contribution < -0.4 is 10.1 Å². The summed E-state index contributed by atoms with van der Waals surface area (Å²) in [7, 11) is 0. The lowest BCUT2D eigenvalue weighted by atomic mass is 10.1. The van der Waals surface area contributed by atoms with Crippen molar-refractivity contribution in [1.82, 2.24) is 9.88 Å². The summed E-state index contributed by atoms with van der Waals surface area (Å²) in [6.07, 6.45) is 0. The Kier molecular flexibility index (Phi) is 2.78. The average Bonchev–Trinajstić information content (AvgIpc) is 2.68. The van der Waals surface area contributed by atoms with Crippen LogP contribution in [0, 0.1) is 6.92 Å². The number of aromatic nitrogens is 1. The SMILES string of the molecule is CCOc1c2n(c3c(C)cccc13)C(C)CNC2. The van der Waals surface area contributed by atoms with Gasteiger partial charge in [-0.15, -0.1) is 0 Å². The molecule has 1 N–H and O–H groups in total. The van der Waals surface area contributed by atoms with Crippen LogP contribution in [0.4, 0.5) is 0 Å². The van der Waals surface area contributed by atoms with Gasteiger partial charge in [-0.05, 0) is 32.4 Å². The van der Waals surface area contributed by atoms with Gasteiger partial charge in [0.05, 0.1) is 17.8 Å². The molecule has 96 valence electrons. The molecule has 0 aliphatic carbocycles. The Balaban J connectivity index is 2.36. The van der Waals surface area contributed by atoms with Gasteiger partial charge in [-0.1, -0.05) is 12.1 Å². The first kappa shape index (κ1) is 11.6. The Morgan fingerprint density at radius 1 is 1.44 bits per heavy atom. The van der Waals surface area contributed by atoms with E-state index in [0.717, 1.165) is 18.8 Å². The zero-order valence-electron chi connectivity index (χ0n) is 11.3. The van der Waals surface area contributed by atoms with E-state index in [1.165, 1.54) is 22.2 Å². The first-order valence-electron chi connectivity index (χ1n) is 6.70. The lowest BCUT2D eigenvalue weighted by molar-refractivity contribution is 0.329. The average molecular weight is 244 g/mol. The molecule has 3 rings (SSSR count). The molecule has 2 heterocycles. The van der Waals surface area contributed by atoms with E-state index in [0.29, 0.717) is 12.6 Å². The second kappa shape index (κ2) is 4.32. The zero-order chi connectivity index (χ0) is 12.7. The highest BCUT2D eigenvalue weighted by molar-refractivity contribution is 5.91. The molecule has 0 saturated carbocycles. The molecule has 1 unspecified atom stereocenters. The molecule has 0 fully saturated rings. The van der Waals surface area contributed by atoms with E-state index in [4.69, 9.17) is 4.74 Å². The van der Waals surface area contributed by atoms with Crippen molar-refractivity contribution in [2.45, 2.75) is 33.4 Å². The van der Waals surface area contributed by atoms with Gasteiger partial charge in [-0.3, -0.25) is 0 Å². The molecule has 1 aliphatic rings. The van der Waals surface area contributed by atoms with Crippen molar-refractivity contribution in [2.75, 3.05) is 13.2 Å². The molecular formula is C15H20N2O. The van der Waals surface area contributed by atoms with E-state index >= 15 is 0 Å². The van der Waals surface area contributed by atoms with Gasteiger partial charge in [0.2, 0.25) is 0 Å². The largest absolute Gasteiger partial charge is 0.491 e. The van der Waals surface area contributed by atoms with Crippen molar-refractivity contribution < 1.29 is 4.74 Å². The van der Waals surface area contributed by atoms with Crippen LogP contribution in [0.5, 0.6) is 5.75 Å². The van der Waals surface area contributed by atoms with Gasteiger partial charge < -0.3 is 14.6 Å². The molecule has 1 aliphatic heterocycles. The van der Waals surface area contributed by atoms with Crippen LogP contribution >= 0.6 is 0 Å². The number of hydrogen-bond acceptors (Lipinski definition) is 2. The number of para-hydroxylation sites is 1. The van der Waals surface area contributed by atoms with Gasteiger partial charge in [0.15, 0.2) is 0 Å². The van der Waals surface area contributed by atoms with Crippen LogP contribution in [-0.4, -0.2) is 17.7 Å². The monoisotopic (exact) mass is 244 g/mol. The number of benzene rings is 1. The van der Waals surface area contributed by atoms with Crippen molar-refractivity contribution >= 4 is 10.9 Å². The number of aryl methyl sites for hydroxylation is 1. The molecule has 0 saturated heterocycles. The van der Waals surface area contributed by atoms with E-state index in [2.05, 4.69) is 41.9 Å². The topological polar surface area (TPSA) is 26.2 Å². The molecule has 0 radical (unpaired) electrons. The van der Waals surface area contributed by atoms with Gasteiger partial charge >= 0.3 is 0 Å². The maximum Gasteiger partial charge on any atom is 0.149 e. The summed E-state index contributed by atoms with van der Waals surface area (Å²) in [4.78, 5) is 0. The van der Waals surface area contributed by atoms with E-state index in [1.54, 1.807) is 0 Å². The fourth-order valence-corrected chi connectivity index (χ4v) is 3.01. The second-order valence-corrected chi connectivity index (χ2v) is 5.03. The second-order valence-electron chi connectivity index (χ2n) is 5.03. The van der Waals surface area contributed by atoms with Crippen molar-refractivity contribution in [3.8, 4) is 5.75 Å². The van der Waals surface area contributed by atoms with Gasteiger partial charge in [0.1, 0.15) is 5.75 Å².